The number of aliphatic hydroxyl groups excluding tert-OH is 2. The number of anilines is 3. The number of likely N-dealkylation sites (N-methyl/N-ethyl adjacent to an activating group) is 2. The van der Waals surface area contributed by atoms with Crippen LogP contribution in [0.2, 0.25) is 0 Å². The number of nitrogens with one attached hydrogen (secondary N) is 2. The van der Waals surface area contributed by atoms with E-state index >= 15 is 0 Å². The molecule has 2 aromatic carbocycles. The maximum Gasteiger partial charge on any atom is 0.163 e. The Hall–Kier alpha value is -5.64. The summed E-state index contributed by atoms with van der Waals surface area (Å²) in [6.07, 6.45) is 6.66. The molecule has 0 radical (unpaired) electrons. The largest absolute Gasteiger partial charge is 0.491 e. The van der Waals surface area contributed by atoms with Crippen LogP contribution in [0.3, 0.4) is 0 Å². The van der Waals surface area contributed by atoms with Crippen molar-refractivity contribution >= 4 is 17.5 Å². The lowest BCUT2D eigenvalue weighted by molar-refractivity contribution is 0.0231. The predicted molar refractivity (Wildman–Crippen MR) is 260 cm³/mol. The molecule has 3 saturated heterocycles. The Morgan fingerprint density at radius 1 is 0.721 bits per heavy atom. The average molecular weight is 935 g/mol. The molecule has 8 rings (SSSR count). The van der Waals surface area contributed by atoms with E-state index in [2.05, 4.69) is 49.4 Å². The molecule has 68 heavy (non-hydrogen) atoms. The Balaban J connectivity index is 1.12. The first-order valence-corrected chi connectivity index (χ1v) is 23.6. The first-order chi connectivity index (χ1) is 33.1. The van der Waals surface area contributed by atoms with Gasteiger partial charge in [0.2, 0.25) is 0 Å². The van der Waals surface area contributed by atoms with Crippen molar-refractivity contribution in [2.45, 2.75) is 62.1 Å². The lowest BCUT2D eigenvalue weighted by atomic mass is 9.98. The summed E-state index contributed by atoms with van der Waals surface area (Å²) in [5.74, 6) is 4.43. The van der Waals surface area contributed by atoms with Gasteiger partial charge >= 0.3 is 0 Å². The van der Waals surface area contributed by atoms with E-state index in [1.165, 1.54) is 6.33 Å². The van der Waals surface area contributed by atoms with Crippen molar-refractivity contribution in [3.63, 3.8) is 0 Å². The molecule has 19 heteroatoms. The third-order valence-corrected chi connectivity index (χ3v) is 12.7. The molecule has 3 aliphatic rings. The summed E-state index contributed by atoms with van der Waals surface area (Å²) in [6.45, 7) is 5.17. The number of rotatable bonds is 20. The number of aromatic nitrogens is 6. The van der Waals surface area contributed by atoms with Gasteiger partial charge in [-0.3, -0.25) is 0 Å². The molecule has 0 amide bonds. The molecule has 0 aliphatic carbocycles. The van der Waals surface area contributed by atoms with Crippen LogP contribution in [0.25, 0.3) is 34.0 Å². The van der Waals surface area contributed by atoms with Crippen LogP contribution in [0.1, 0.15) is 37.3 Å². The molecular formula is C49H66N12O7. The molecular weight excluding hydrogens is 869 g/mol. The molecule has 3 aliphatic heterocycles. The van der Waals surface area contributed by atoms with Gasteiger partial charge in [0.15, 0.2) is 11.6 Å². The predicted octanol–water partition coefficient (Wildman–Crippen LogP) is 3.11. The highest BCUT2D eigenvalue weighted by Gasteiger charge is 2.31. The molecule has 19 nitrogen and oxygen atoms in total. The minimum atomic E-state index is -0.743. The number of nitrogens with two attached hydrogens (primary N) is 1. The standard InChI is InChI=1S/C49H66N12O7/c1-51-26-38(62)29-67-40-7-5-6-32(19-40)48-57-45(60(4)37-10-15-65-16-11-37)23-46(58-48)61-12-17-66-43(28-61)47(50)33-18-34(21-41(20-33)68-30-39(63)27-52-2)49-55-42(35-24-53-31-54-25-35)22-44(56-49)59(3)36-8-13-64-14-9-36/h5-7,18-25,31,36-39,43,47,51-52,62-63H,8-17,26-30,50H2,1-4H3. The minimum absolute atomic E-state index is 0.0562. The van der Waals surface area contributed by atoms with Crippen molar-refractivity contribution in [1.82, 2.24) is 40.5 Å². The molecule has 3 aromatic heterocycles. The van der Waals surface area contributed by atoms with E-state index in [-0.39, 0.29) is 25.3 Å². The van der Waals surface area contributed by atoms with Gasteiger partial charge in [0.05, 0.1) is 24.4 Å². The molecule has 3 fully saturated rings. The third-order valence-electron chi connectivity index (χ3n) is 12.7. The minimum Gasteiger partial charge on any atom is -0.491 e. The highest BCUT2D eigenvalue weighted by molar-refractivity contribution is 5.69. The van der Waals surface area contributed by atoms with Gasteiger partial charge in [-0.05, 0) is 75.7 Å². The number of ether oxygens (including phenoxy) is 5. The lowest BCUT2D eigenvalue weighted by Gasteiger charge is -2.37. The molecule has 4 atom stereocenters. The fourth-order valence-electron chi connectivity index (χ4n) is 8.78. The topological polar surface area (TPSA) is 224 Å². The Bertz CT molecular complexity index is 2370. The van der Waals surface area contributed by atoms with E-state index in [4.69, 9.17) is 49.4 Å². The molecule has 364 valence electrons. The fraction of sp³-hybridized carbons (Fsp3) is 0.510. The van der Waals surface area contributed by atoms with Crippen LogP contribution >= 0.6 is 0 Å². The zero-order valence-electron chi connectivity index (χ0n) is 39.5. The maximum atomic E-state index is 10.7. The SMILES string of the molecule is CNCC(O)COc1cccc(-c2nc(N3CCOC(C(N)c4cc(OCC(O)CNC)cc(-c5nc(-c6cncnc6)cc(N(C)C6CCOCC6)n5)c4)C3)cc(N(C)C3CCOCC3)n2)c1. The summed E-state index contributed by atoms with van der Waals surface area (Å²) in [6, 6.07) is 17.3. The summed E-state index contributed by atoms with van der Waals surface area (Å²) < 4.78 is 30.1. The second-order valence-electron chi connectivity index (χ2n) is 17.6. The Kier molecular flexibility index (Phi) is 16.9. The Morgan fingerprint density at radius 2 is 1.32 bits per heavy atom. The number of aliphatic hydroxyl groups is 2. The zero-order chi connectivity index (χ0) is 47.4. The second kappa shape index (κ2) is 23.6. The van der Waals surface area contributed by atoms with Gasteiger partial charge < -0.3 is 65.0 Å². The van der Waals surface area contributed by atoms with E-state index in [9.17, 15) is 10.2 Å². The van der Waals surface area contributed by atoms with E-state index in [1.807, 2.05) is 54.6 Å². The van der Waals surface area contributed by atoms with Crippen molar-refractivity contribution in [3.8, 4) is 45.5 Å². The zero-order valence-corrected chi connectivity index (χ0v) is 39.5. The van der Waals surface area contributed by atoms with Gasteiger partial charge in [0.25, 0.3) is 0 Å². The molecule has 6 N–H and O–H groups in total. The normalized spacial score (nSPS) is 18.5. The van der Waals surface area contributed by atoms with Crippen molar-refractivity contribution in [1.29, 1.82) is 0 Å². The summed E-state index contributed by atoms with van der Waals surface area (Å²) in [5, 5.41) is 27.0. The summed E-state index contributed by atoms with van der Waals surface area (Å²) >= 11 is 0. The van der Waals surface area contributed by atoms with Gasteiger partial charge in [0, 0.05) is 120 Å². The second-order valence-corrected chi connectivity index (χ2v) is 17.6. The highest BCUT2D eigenvalue weighted by Crippen LogP contribution is 2.35. The number of morpholine rings is 1. The van der Waals surface area contributed by atoms with Crippen molar-refractivity contribution < 1.29 is 33.9 Å². The first-order valence-electron chi connectivity index (χ1n) is 23.6. The van der Waals surface area contributed by atoms with Crippen LogP contribution in [-0.2, 0) is 14.2 Å². The molecule has 4 unspecified atom stereocenters. The first kappa shape index (κ1) is 48.8. The molecule has 6 heterocycles. The quantitative estimate of drug-likeness (QED) is 0.0756. The fourth-order valence-corrected chi connectivity index (χ4v) is 8.78. The lowest BCUT2D eigenvalue weighted by Crippen LogP contribution is -2.47. The number of hydrogen-bond donors (Lipinski definition) is 5. The smallest absolute Gasteiger partial charge is 0.163 e. The van der Waals surface area contributed by atoms with Crippen LogP contribution in [0.4, 0.5) is 17.5 Å². The van der Waals surface area contributed by atoms with Crippen molar-refractivity contribution in [2.75, 3.05) is 115 Å². The van der Waals surface area contributed by atoms with Crippen LogP contribution < -0.4 is 40.5 Å². The summed E-state index contributed by atoms with van der Waals surface area (Å²) in [5.41, 5.74) is 10.9. The maximum absolute atomic E-state index is 10.7. The molecule has 0 saturated carbocycles. The van der Waals surface area contributed by atoms with Crippen molar-refractivity contribution in [2.24, 2.45) is 5.73 Å². The highest BCUT2D eigenvalue weighted by atomic mass is 16.5. The summed E-state index contributed by atoms with van der Waals surface area (Å²) in [7, 11) is 7.71. The number of nitrogens with zero attached hydrogens (tertiary/aromatic N) is 9. The number of benzene rings is 2. The van der Waals surface area contributed by atoms with E-state index in [0.29, 0.717) is 93.6 Å². The van der Waals surface area contributed by atoms with Crippen LogP contribution in [0.15, 0.2) is 73.3 Å². The third kappa shape index (κ3) is 12.5. The van der Waals surface area contributed by atoms with Gasteiger partial charge in [-0.2, -0.15) is 0 Å². The van der Waals surface area contributed by atoms with Crippen LogP contribution in [-0.4, -0.2) is 171 Å². The van der Waals surface area contributed by atoms with E-state index in [0.717, 1.165) is 59.8 Å². The molecule has 0 bridgehead atoms. The van der Waals surface area contributed by atoms with Crippen molar-refractivity contribution in [3.05, 3.63) is 78.9 Å². The Labute approximate surface area is 398 Å². The molecule has 0 spiro atoms. The monoisotopic (exact) mass is 935 g/mol. The summed E-state index contributed by atoms with van der Waals surface area (Å²) in [4.78, 5) is 35.7. The Morgan fingerprint density at radius 3 is 1.97 bits per heavy atom. The number of hydrogen-bond acceptors (Lipinski definition) is 19. The van der Waals surface area contributed by atoms with Gasteiger partial charge in [-0.15, -0.1) is 0 Å². The van der Waals surface area contributed by atoms with Gasteiger partial charge in [-0.1, -0.05) is 12.1 Å². The van der Waals surface area contributed by atoms with Gasteiger partial charge in [0.1, 0.15) is 60.7 Å². The average Bonchev–Trinajstić information content (AvgIpc) is 3.39. The van der Waals surface area contributed by atoms with Crippen LogP contribution in [0.5, 0.6) is 11.5 Å². The van der Waals surface area contributed by atoms with Gasteiger partial charge in [-0.25, -0.2) is 29.9 Å². The van der Waals surface area contributed by atoms with Crippen LogP contribution in [0, 0.1) is 0 Å². The van der Waals surface area contributed by atoms with E-state index in [1.54, 1.807) is 26.5 Å². The molecule has 5 aromatic rings. The van der Waals surface area contributed by atoms with E-state index < -0.39 is 24.4 Å².